The summed E-state index contributed by atoms with van der Waals surface area (Å²) in [5, 5.41) is 3.77. The molecule has 2 aromatic rings. The van der Waals surface area contributed by atoms with E-state index in [2.05, 4.69) is 17.8 Å². The van der Waals surface area contributed by atoms with Crippen molar-refractivity contribution in [3.63, 3.8) is 0 Å². The molecule has 0 saturated carbocycles. The lowest BCUT2D eigenvalue weighted by Gasteiger charge is -2.29. The first kappa shape index (κ1) is 9.78. The predicted octanol–water partition coefficient (Wildman–Crippen LogP) is 2.51. The Balaban J connectivity index is 1.93. The third-order valence-corrected chi connectivity index (χ3v) is 2.53. The zero-order valence-electron chi connectivity index (χ0n) is 9.17. The first-order valence-corrected chi connectivity index (χ1v) is 5.42. The number of hydrazine groups is 2. The minimum atomic E-state index is 1.04. The Bertz CT molecular complexity index is 508. The summed E-state index contributed by atoms with van der Waals surface area (Å²) in [6.45, 7) is 0. The average molecular weight is 221 g/mol. The summed E-state index contributed by atoms with van der Waals surface area (Å²) in [7, 11) is 0. The van der Waals surface area contributed by atoms with Gasteiger partial charge in [0.05, 0.1) is 11.4 Å². The molecule has 0 amide bonds. The van der Waals surface area contributed by atoms with Crippen molar-refractivity contribution in [2.45, 2.75) is 0 Å². The van der Waals surface area contributed by atoms with Crippen LogP contribution in [0.3, 0.4) is 0 Å². The second-order valence-corrected chi connectivity index (χ2v) is 3.64. The summed E-state index contributed by atoms with van der Waals surface area (Å²) in [5.41, 5.74) is 5.09. The van der Waals surface area contributed by atoms with Crippen molar-refractivity contribution in [2.75, 3.05) is 10.1 Å². The van der Waals surface area contributed by atoms with Gasteiger partial charge in [0.25, 0.3) is 0 Å². The molecule has 1 aliphatic rings. The summed E-state index contributed by atoms with van der Waals surface area (Å²) in [6.07, 6.45) is 5.89. The molecular formula is C14H11N3. The normalized spacial score (nSPS) is 13.9. The summed E-state index contributed by atoms with van der Waals surface area (Å²) < 4.78 is 0. The van der Waals surface area contributed by atoms with Crippen LogP contribution in [0.4, 0.5) is 11.4 Å². The molecule has 1 N–H and O–H groups in total. The van der Waals surface area contributed by atoms with Gasteiger partial charge in [-0.2, -0.15) is 5.12 Å². The van der Waals surface area contributed by atoms with E-state index in [4.69, 9.17) is 0 Å². The van der Waals surface area contributed by atoms with E-state index in [-0.39, 0.29) is 0 Å². The van der Waals surface area contributed by atoms with Gasteiger partial charge in [0, 0.05) is 0 Å². The minimum Gasteiger partial charge on any atom is -0.275 e. The summed E-state index contributed by atoms with van der Waals surface area (Å²) >= 11 is 0. The van der Waals surface area contributed by atoms with Crippen molar-refractivity contribution in [3.8, 4) is 0 Å². The van der Waals surface area contributed by atoms with E-state index in [1.54, 1.807) is 0 Å². The number of anilines is 2. The molecule has 1 aliphatic heterocycles. The molecule has 0 spiro atoms. The fourth-order valence-electron chi connectivity index (χ4n) is 1.73. The van der Waals surface area contributed by atoms with E-state index in [1.807, 2.05) is 70.8 Å². The van der Waals surface area contributed by atoms with Crippen LogP contribution < -0.4 is 15.6 Å². The van der Waals surface area contributed by atoms with Crippen molar-refractivity contribution in [1.29, 1.82) is 0 Å². The maximum absolute atomic E-state index is 3.02. The molecule has 0 fully saturated rings. The molecule has 2 aromatic carbocycles. The Kier molecular flexibility index (Phi) is 2.43. The molecule has 82 valence electrons. The zero-order valence-corrected chi connectivity index (χ0v) is 9.17. The Labute approximate surface area is 101 Å². The summed E-state index contributed by atoms with van der Waals surface area (Å²) in [4.78, 5) is 0. The van der Waals surface area contributed by atoms with Gasteiger partial charge in [-0.1, -0.05) is 36.4 Å². The first-order chi connectivity index (χ1) is 8.45. The van der Waals surface area contributed by atoms with E-state index >= 15 is 0 Å². The lowest BCUT2D eigenvalue weighted by atomic mass is 10.3. The van der Waals surface area contributed by atoms with Crippen LogP contribution in [0.2, 0.25) is 0 Å². The van der Waals surface area contributed by atoms with Gasteiger partial charge >= 0.3 is 0 Å². The van der Waals surface area contributed by atoms with Crippen molar-refractivity contribution >= 4 is 11.4 Å². The number of nitrogens with zero attached hydrogens (tertiary/aromatic N) is 2. The van der Waals surface area contributed by atoms with Gasteiger partial charge in [0.2, 0.25) is 0 Å². The third-order valence-electron chi connectivity index (χ3n) is 2.53. The summed E-state index contributed by atoms with van der Waals surface area (Å²) in [6, 6.07) is 20.1. The first-order valence-electron chi connectivity index (χ1n) is 5.42. The van der Waals surface area contributed by atoms with Crippen LogP contribution in [-0.2, 0) is 0 Å². The van der Waals surface area contributed by atoms with Crippen molar-refractivity contribution in [2.24, 2.45) is 0 Å². The Morgan fingerprint density at radius 2 is 1.35 bits per heavy atom. The molecule has 0 unspecified atom stereocenters. The monoisotopic (exact) mass is 221 g/mol. The Morgan fingerprint density at radius 3 is 2.00 bits per heavy atom. The second-order valence-electron chi connectivity index (χ2n) is 3.64. The molecule has 3 nitrogen and oxygen atoms in total. The van der Waals surface area contributed by atoms with Crippen molar-refractivity contribution < 1.29 is 0 Å². The number of hydrogen-bond acceptors (Lipinski definition) is 3. The van der Waals surface area contributed by atoms with Crippen molar-refractivity contribution in [1.82, 2.24) is 5.43 Å². The number of nitrogens with one attached hydrogen (secondary N) is 1. The largest absolute Gasteiger partial charge is 0.275 e. The zero-order chi connectivity index (χ0) is 11.5. The number of para-hydroxylation sites is 2. The highest BCUT2D eigenvalue weighted by Gasteiger charge is 2.18. The SMILES string of the molecule is [C]1=[C]N(c2ccccc2)N(c2ccccc2)N1. The molecule has 17 heavy (non-hydrogen) atoms. The van der Waals surface area contributed by atoms with Crippen LogP contribution in [0.1, 0.15) is 0 Å². The van der Waals surface area contributed by atoms with Gasteiger partial charge in [-0.15, -0.1) is 0 Å². The van der Waals surface area contributed by atoms with Gasteiger partial charge < -0.3 is 0 Å². The maximum Gasteiger partial charge on any atom is 0.120 e. The number of hydrogen-bond donors (Lipinski definition) is 1. The van der Waals surface area contributed by atoms with Gasteiger partial charge in [-0.3, -0.25) is 5.43 Å². The quantitative estimate of drug-likeness (QED) is 0.840. The number of rotatable bonds is 2. The minimum absolute atomic E-state index is 1.04. The molecule has 2 radical (unpaired) electrons. The average Bonchev–Trinajstić information content (AvgIpc) is 2.90. The molecule has 0 aliphatic carbocycles. The Morgan fingerprint density at radius 1 is 0.765 bits per heavy atom. The molecule has 0 bridgehead atoms. The third kappa shape index (κ3) is 1.83. The predicted molar refractivity (Wildman–Crippen MR) is 67.5 cm³/mol. The molecule has 0 saturated heterocycles. The van der Waals surface area contributed by atoms with Crippen LogP contribution in [0, 0.1) is 12.4 Å². The highest BCUT2D eigenvalue weighted by Crippen LogP contribution is 2.22. The van der Waals surface area contributed by atoms with E-state index in [1.165, 1.54) is 0 Å². The maximum atomic E-state index is 3.02. The van der Waals surface area contributed by atoms with Crippen LogP contribution >= 0.6 is 0 Å². The summed E-state index contributed by atoms with van der Waals surface area (Å²) in [5.74, 6) is 0. The van der Waals surface area contributed by atoms with Crippen LogP contribution in [-0.4, -0.2) is 0 Å². The number of benzene rings is 2. The molecule has 3 rings (SSSR count). The lowest BCUT2D eigenvalue weighted by molar-refractivity contribution is 0.779. The van der Waals surface area contributed by atoms with E-state index < -0.39 is 0 Å². The molecule has 0 atom stereocenters. The fraction of sp³-hybridized carbons (Fsp3) is 0. The Hall–Kier alpha value is -2.42. The standard InChI is InChI=1S/C14H11N3/c1-3-7-13(8-4-1)16-12-11-15-17(16)14-9-5-2-6-10-14/h1-10,15H. The van der Waals surface area contributed by atoms with E-state index in [0.29, 0.717) is 0 Å². The van der Waals surface area contributed by atoms with Crippen LogP contribution in [0.25, 0.3) is 0 Å². The molecule has 1 heterocycles. The fourth-order valence-corrected chi connectivity index (χ4v) is 1.73. The molecule has 3 heteroatoms. The van der Waals surface area contributed by atoms with E-state index in [0.717, 1.165) is 11.4 Å². The molecule has 0 aromatic heterocycles. The topological polar surface area (TPSA) is 18.5 Å². The van der Waals surface area contributed by atoms with Gasteiger partial charge in [0.1, 0.15) is 12.4 Å². The van der Waals surface area contributed by atoms with Crippen LogP contribution in [0.5, 0.6) is 0 Å². The molecular weight excluding hydrogens is 210 g/mol. The van der Waals surface area contributed by atoms with Crippen molar-refractivity contribution in [3.05, 3.63) is 73.1 Å². The second kappa shape index (κ2) is 4.22. The van der Waals surface area contributed by atoms with E-state index in [9.17, 15) is 0 Å². The van der Waals surface area contributed by atoms with Gasteiger partial charge in [-0.05, 0) is 24.3 Å². The van der Waals surface area contributed by atoms with Gasteiger partial charge in [0.15, 0.2) is 0 Å². The van der Waals surface area contributed by atoms with Crippen LogP contribution in [0.15, 0.2) is 60.7 Å². The van der Waals surface area contributed by atoms with Gasteiger partial charge in [-0.25, -0.2) is 5.01 Å². The lowest BCUT2D eigenvalue weighted by Crippen LogP contribution is -2.42. The smallest absolute Gasteiger partial charge is 0.120 e. The highest BCUT2D eigenvalue weighted by atomic mass is 15.8. The highest BCUT2D eigenvalue weighted by molar-refractivity contribution is 5.58.